The van der Waals surface area contributed by atoms with Crippen LogP contribution in [0.1, 0.15) is 0 Å². The number of hydrogen-bond donors (Lipinski definition) is 1. The Morgan fingerprint density at radius 1 is 0.840 bits per heavy atom. The van der Waals surface area contributed by atoms with E-state index in [0.717, 1.165) is 0 Å². The van der Waals surface area contributed by atoms with Gasteiger partial charge in [0, 0.05) is 0 Å². The van der Waals surface area contributed by atoms with Gasteiger partial charge in [-0.2, -0.15) is 52.7 Å². The summed E-state index contributed by atoms with van der Waals surface area (Å²) in [6.07, 6.45) is -27.5. The molecule has 25 heavy (non-hydrogen) atoms. The van der Waals surface area contributed by atoms with Crippen LogP contribution in [-0.2, 0) is 14.3 Å². The predicted molar refractivity (Wildman–Crippen MR) is 49.7 cm³/mol. The molecule has 16 heteroatoms. The molecular weight excluding hydrogens is 398 g/mol. The van der Waals surface area contributed by atoms with Crippen molar-refractivity contribution in [2.45, 2.75) is 42.1 Å². The average molecular weight is 403 g/mol. The average Bonchev–Trinajstić information content (AvgIpc) is 2.74. The molecule has 0 saturated carbocycles. The SMILES string of the molecule is COC(=O)C1NC(C(F)(F)F)(C(F)(F)F)OC1(C(F)(F)F)C(F)(F)F. The van der Waals surface area contributed by atoms with Crippen molar-refractivity contribution >= 4 is 5.97 Å². The molecule has 0 aliphatic carbocycles. The minimum Gasteiger partial charge on any atom is -0.468 e. The summed E-state index contributed by atoms with van der Waals surface area (Å²) < 4.78 is 160. The highest BCUT2D eigenvalue weighted by Crippen LogP contribution is 2.59. The van der Waals surface area contributed by atoms with Crippen molar-refractivity contribution in [3.8, 4) is 0 Å². The van der Waals surface area contributed by atoms with Gasteiger partial charge in [-0.25, -0.2) is 0 Å². The molecule has 0 aromatic heterocycles. The number of rotatable bonds is 1. The first kappa shape index (κ1) is 21.6. The van der Waals surface area contributed by atoms with Gasteiger partial charge in [-0.05, 0) is 0 Å². The Balaban J connectivity index is 3.86. The minimum atomic E-state index is -6.91. The van der Waals surface area contributed by atoms with E-state index in [9.17, 15) is 57.5 Å². The zero-order valence-electron chi connectivity index (χ0n) is 11.3. The smallest absolute Gasteiger partial charge is 0.440 e. The fraction of sp³-hybridized carbons (Fsp3) is 0.889. The van der Waals surface area contributed by atoms with Crippen LogP contribution in [0.5, 0.6) is 0 Å². The van der Waals surface area contributed by atoms with Crippen LogP contribution < -0.4 is 5.32 Å². The van der Waals surface area contributed by atoms with Gasteiger partial charge < -0.3 is 9.47 Å². The molecule has 148 valence electrons. The van der Waals surface area contributed by atoms with Crippen LogP contribution >= 0.6 is 0 Å². The van der Waals surface area contributed by atoms with Crippen molar-refractivity contribution in [1.82, 2.24) is 5.32 Å². The second kappa shape index (κ2) is 5.52. The quantitative estimate of drug-likeness (QED) is 0.541. The normalized spacial score (nSPS) is 24.3. The Kier molecular flexibility index (Phi) is 4.77. The lowest BCUT2D eigenvalue weighted by molar-refractivity contribution is -0.444. The van der Waals surface area contributed by atoms with E-state index in [1.54, 1.807) is 0 Å². The first-order valence-corrected chi connectivity index (χ1v) is 5.61. The number of nitrogens with one attached hydrogen (secondary N) is 1. The zero-order valence-corrected chi connectivity index (χ0v) is 11.3. The summed E-state index contributed by atoms with van der Waals surface area (Å²) in [5.74, 6) is -2.70. The van der Waals surface area contributed by atoms with Crippen LogP contribution in [0.2, 0.25) is 0 Å². The molecule has 1 fully saturated rings. The minimum absolute atomic E-state index is 0.0477. The van der Waals surface area contributed by atoms with Crippen LogP contribution in [0.3, 0.4) is 0 Å². The molecule has 0 bridgehead atoms. The van der Waals surface area contributed by atoms with E-state index in [0.29, 0.717) is 0 Å². The Labute approximate surface area is 129 Å². The van der Waals surface area contributed by atoms with E-state index < -0.39 is 48.0 Å². The second-order valence-corrected chi connectivity index (χ2v) is 4.61. The van der Waals surface area contributed by atoms with Gasteiger partial charge >= 0.3 is 36.4 Å². The summed E-state index contributed by atoms with van der Waals surface area (Å²) in [6.45, 7) is 0. The maximum absolute atomic E-state index is 13.0. The lowest BCUT2D eigenvalue weighted by Gasteiger charge is -2.38. The van der Waals surface area contributed by atoms with E-state index in [4.69, 9.17) is 0 Å². The topological polar surface area (TPSA) is 47.6 Å². The number of ether oxygens (including phenoxy) is 2. The largest absolute Gasteiger partial charge is 0.468 e. The monoisotopic (exact) mass is 403 g/mol. The maximum atomic E-state index is 13.0. The number of halogens is 12. The van der Waals surface area contributed by atoms with Gasteiger partial charge in [0.15, 0.2) is 6.04 Å². The molecule has 1 aliphatic rings. The Morgan fingerprint density at radius 2 is 1.20 bits per heavy atom. The number of hydrogen-bond acceptors (Lipinski definition) is 4. The van der Waals surface area contributed by atoms with Gasteiger partial charge in [-0.15, -0.1) is 0 Å². The third-order valence-corrected chi connectivity index (χ3v) is 3.15. The van der Waals surface area contributed by atoms with Gasteiger partial charge in [0.05, 0.1) is 7.11 Å². The number of carbonyl (C=O) groups is 1. The number of esters is 1. The molecule has 0 radical (unpaired) electrons. The van der Waals surface area contributed by atoms with Gasteiger partial charge in [-0.3, -0.25) is 10.1 Å². The van der Waals surface area contributed by atoms with Crippen LogP contribution in [-0.4, -0.2) is 55.2 Å². The Bertz CT molecular complexity index is 502. The first-order chi connectivity index (χ1) is 10.8. The fourth-order valence-electron chi connectivity index (χ4n) is 2.02. The van der Waals surface area contributed by atoms with Crippen molar-refractivity contribution in [2.24, 2.45) is 0 Å². The van der Waals surface area contributed by atoms with E-state index in [1.807, 2.05) is 0 Å². The molecule has 1 N–H and O–H groups in total. The number of carbonyl (C=O) groups excluding carboxylic acids is 1. The molecule has 0 amide bonds. The predicted octanol–water partition coefficient (Wildman–Crippen LogP) is 2.83. The molecule has 4 nitrogen and oxygen atoms in total. The molecule has 1 unspecified atom stereocenters. The standard InChI is InChI=1S/C9H5F12NO3/c1-24-3(23)2-4(6(10,11)12,7(13,14)15)25-5(22-2,8(16,17)18)9(19,20)21/h2,22H,1H3. The lowest BCUT2D eigenvalue weighted by atomic mass is 9.93. The maximum Gasteiger partial charge on any atom is 0.440 e. The van der Waals surface area contributed by atoms with Gasteiger partial charge in [0.1, 0.15) is 0 Å². The zero-order chi connectivity index (χ0) is 20.3. The number of methoxy groups -OCH3 is 1. The van der Waals surface area contributed by atoms with Crippen LogP contribution in [0.15, 0.2) is 0 Å². The summed E-state index contributed by atoms with van der Waals surface area (Å²) in [5.41, 5.74) is -12.3. The van der Waals surface area contributed by atoms with Crippen molar-refractivity contribution in [3.05, 3.63) is 0 Å². The van der Waals surface area contributed by atoms with Gasteiger partial charge in [0.25, 0.3) is 5.60 Å². The molecule has 0 spiro atoms. The summed E-state index contributed by atoms with van der Waals surface area (Å²) in [6, 6.07) is -4.24. The Hall–Kier alpha value is -1.45. The van der Waals surface area contributed by atoms with Crippen molar-refractivity contribution < 1.29 is 67.0 Å². The van der Waals surface area contributed by atoms with E-state index in [-0.39, 0.29) is 12.4 Å². The molecular formula is C9H5F12NO3. The molecule has 1 aliphatic heterocycles. The van der Waals surface area contributed by atoms with Crippen LogP contribution in [0.25, 0.3) is 0 Å². The summed E-state index contributed by atoms with van der Waals surface area (Å²) >= 11 is 0. The first-order valence-electron chi connectivity index (χ1n) is 5.61. The van der Waals surface area contributed by atoms with Gasteiger partial charge in [-0.1, -0.05) is 0 Å². The van der Waals surface area contributed by atoms with E-state index >= 15 is 0 Å². The van der Waals surface area contributed by atoms with Crippen LogP contribution in [0, 0.1) is 0 Å². The molecule has 1 rings (SSSR count). The van der Waals surface area contributed by atoms with Crippen molar-refractivity contribution in [1.29, 1.82) is 0 Å². The molecule has 1 atom stereocenters. The number of alkyl halides is 12. The second-order valence-electron chi connectivity index (χ2n) is 4.61. The molecule has 0 aromatic carbocycles. The highest BCUT2D eigenvalue weighted by atomic mass is 19.4. The van der Waals surface area contributed by atoms with Crippen molar-refractivity contribution in [2.75, 3.05) is 7.11 Å². The molecule has 0 aromatic rings. The molecule has 1 heterocycles. The van der Waals surface area contributed by atoms with E-state index in [1.165, 1.54) is 0 Å². The summed E-state index contributed by atoms with van der Waals surface area (Å²) in [5, 5.41) is -0.0477. The van der Waals surface area contributed by atoms with Crippen LogP contribution in [0.4, 0.5) is 52.7 Å². The third-order valence-electron chi connectivity index (χ3n) is 3.15. The highest BCUT2D eigenvalue weighted by molar-refractivity contribution is 5.78. The van der Waals surface area contributed by atoms with Crippen molar-refractivity contribution in [3.63, 3.8) is 0 Å². The molecule has 1 saturated heterocycles. The Morgan fingerprint density at radius 3 is 1.44 bits per heavy atom. The third kappa shape index (κ3) is 2.88. The van der Waals surface area contributed by atoms with E-state index in [2.05, 4.69) is 9.47 Å². The summed E-state index contributed by atoms with van der Waals surface area (Å²) in [7, 11) is 0.155. The summed E-state index contributed by atoms with van der Waals surface area (Å²) in [4.78, 5) is 11.2. The fourth-order valence-corrected chi connectivity index (χ4v) is 2.02. The lowest BCUT2D eigenvalue weighted by Crippen LogP contribution is -2.66. The van der Waals surface area contributed by atoms with Gasteiger partial charge in [0.2, 0.25) is 0 Å². The highest BCUT2D eigenvalue weighted by Gasteiger charge is 2.90.